The molecular weight excluding hydrogens is 290 g/mol. The lowest BCUT2D eigenvalue weighted by atomic mass is 9.85. The van der Waals surface area contributed by atoms with Crippen LogP contribution in [-0.2, 0) is 12.8 Å². The van der Waals surface area contributed by atoms with Crippen LogP contribution in [0.5, 0.6) is 0 Å². The van der Waals surface area contributed by atoms with Gasteiger partial charge in [0.25, 0.3) is 0 Å². The molecular formula is C20H22ClN. The molecule has 0 spiro atoms. The number of nitrogens with zero attached hydrogens (tertiary/aromatic N) is 1. The maximum Gasteiger partial charge on any atom is 0.0406 e. The van der Waals surface area contributed by atoms with E-state index in [-0.39, 0.29) is 0 Å². The second-order valence-electron chi connectivity index (χ2n) is 6.63. The number of hydrogen-bond donors (Lipinski definition) is 0. The predicted molar refractivity (Wildman–Crippen MR) is 93.5 cm³/mol. The molecule has 0 amide bonds. The van der Waals surface area contributed by atoms with Gasteiger partial charge in [-0.3, -0.25) is 0 Å². The van der Waals surface area contributed by atoms with Crippen molar-refractivity contribution in [2.24, 2.45) is 0 Å². The van der Waals surface area contributed by atoms with E-state index in [0.29, 0.717) is 0 Å². The first kappa shape index (κ1) is 14.3. The molecule has 0 N–H and O–H groups in total. The van der Waals surface area contributed by atoms with E-state index in [0.717, 1.165) is 11.1 Å². The minimum absolute atomic E-state index is 0.774. The number of fused-ring (bicyclic) bond motifs is 1. The molecule has 1 saturated heterocycles. The van der Waals surface area contributed by atoms with Crippen molar-refractivity contribution in [1.29, 1.82) is 0 Å². The van der Waals surface area contributed by atoms with Gasteiger partial charge >= 0.3 is 0 Å². The fourth-order valence-corrected chi connectivity index (χ4v) is 4.10. The second kappa shape index (κ2) is 6.06. The van der Waals surface area contributed by atoms with Crippen molar-refractivity contribution in [1.82, 2.24) is 4.90 Å². The zero-order valence-corrected chi connectivity index (χ0v) is 13.6. The number of likely N-dealkylation sites (tertiary alicyclic amines) is 1. The van der Waals surface area contributed by atoms with Gasteiger partial charge in [0.05, 0.1) is 0 Å². The minimum Gasteiger partial charge on any atom is -0.300 e. The molecule has 2 aromatic rings. The highest BCUT2D eigenvalue weighted by Gasteiger charge is 2.26. The van der Waals surface area contributed by atoms with Crippen LogP contribution in [0.15, 0.2) is 42.5 Å². The van der Waals surface area contributed by atoms with Crippen LogP contribution in [0.1, 0.15) is 30.4 Å². The Morgan fingerprint density at radius 3 is 2.36 bits per heavy atom. The number of halogens is 1. The van der Waals surface area contributed by atoms with E-state index in [1.807, 2.05) is 12.1 Å². The summed E-state index contributed by atoms with van der Waals surface area (Å²) in [7, 11) is 0. The Morgan fingerprint density at radius 1 is 0.864 bits per heavy atom. The largest absolute Gasteiger partial charge is 0.300 e. The Kier molecular flexibility index (Phi) is 3.94. The Morgan fingerprint density at radius 2 is 1.59 bits per heavy atom. The standard InChI is InChI=1S/C20H22ClN/c21-19-8-5-15(6-9-19)16-3-4-18-14-20(10-7-17(18)13-16)22-11-1-2-12-22/h3-6,8-9,13,20H,1-2,7,10-12,14H2/t20-/m1/s1. The summed E-state index contributed by atoms with van der Waals surface area (Å²) in [5.41, 5.74) is 5.67. The fourth-order valence-electron chi connectivity index (χ4n) is 3.98. The molecule has 0 radical (unpaired) electrons. The maximum absolute atomic E-state index is 5.99. The summed E-state index contributed by atoms with van der Waals surface area (Å²) in [5, 5.41) is 0.801. The van der Waals surface area contributed by atoms with Crippen molar-refractivity contribution < 1.29 is 0 Å². The van der Waals surface area contributed by atoms with Crippen molar-refractivity contribution in [3.63, 3.8) is 0 Å². The van der Waals surface area contributed by atoms with Crippen LogP contribution < -0.4 is 0 Å². The van der Waals surface area contributed by atoms with Crippen molar-refractivity contribution in [3.05, 3.63) is 58.6 Å². The van der Waals surface area contributed by atoms with E-state index in [4.69, 9.17) is 11.6 Å². The van der Waals surface area contributed by atoms with Gasteiger partial charge in [-0.2, -0.15) is 0 Å². The molecule has 1 aliphatic heterocycles. The molecule has 1 nitrogen and oxygen atoms in total. The molecule has 0 bridgehead atoms. The van der Waals surface area contributed by atoms with Gasteiger partial charge in [0.15, 0.2) is 0 Å². The van der Waals surface area contributed by atoms with E-state index < -0.39 is 0 Å². The average Bonchev–Trinajstić information content (AvgIpc) is 3.09. The third-order valence-electron chi connectivity index (χ3n) is 5.24. The van der Waals surface area contributed by atoms with Gasteiger partial charge in [-0.25, -0.2) is 0 Å². The quantitative estimate of drug-likeness (QED) is 0.757. The molecule has 2 aliphatic rings. The van der Waals surface area contributed by atoms with Crippen molar-refractivity contribution in [3.8, 4) is 11.1 Å². The lowest BCUT2D eigenvalue weighted by Gasteiger charge is -2.32. The van der Waals surface area contributed by atoms with Gasteiger partial charge in [-0.15, -0.1) is 0 Å². The summed E-state index contributed by atoms with van der Waals surface area (Å²) in [6, 6.07) is 15.9. The highest BCUT2D eigenvalue weighted by molar-refractivity contribution is 6.30. The van der Waals surface area contributed by atoms with Crippen LogP contribution in [-0.4, -0.2) is 24.0 Å². The molecule has 1 fully saturated rings. The van der Waals surface area contributed by atoms with Gasteiger partial charge < -0.3 is 4.90 Å². The molecule has 4 rings (SSSR count). The zero-order valence-electron chi connectivity index (χ0n) is 12.9. The molecule has 1 heterocycles. The third-order valence-corrected chi connectivity index (χ3v) is 5.50. The summed E-state index contributed by atoms with van der Waals surface area (Å²) >= 11 is 5.99. The summed E-state index contributed by atoms with van der Waals surface area (Å²) in [6.45, 7) is 2.62. The molecule has 2 aromatic carbocycles. The number of rotatable bonds is 2. The van der Waals surface area contributed by atoms with Crippen LogP contribution >= 0.6 is 11.6 Å². The maximum atomic E-state index is 5.99. The molecule has 0 aromatic heterocycles. The van der Waals surface area contributed by atoms with Gasteiger partial charge in [0, 0.05) is 11.1 Å². The molecule has 0 unspecified atom stereocenters. The highest BCUT2D eigenvalue weighted by Crippen LogP contribution is 2.30. The Balaban J connectivity index is 1.56. The SMILES string of the molecule is Clc1ccc(-c2ccc3c(c2)CC[C@@H](N2CCCC2)C3)cc1. The molecule has 22 heavy (non-hydrogen) atoms. The molecule has 114 valence electrons. The van der Waals surface area contributed by atoms with Crippen molar-refractivity contribution >= 4 is 11.6 Å². The Bertz CT molecular complexity index is 656. The van der Waals surface area contributed by atoms with Crippen LogP contribution in [0, 0.1) is 0 Å². The molecule has 2 heteroatoms. The van der Waals surface area contributed by atoms with Gasteiger partial charge in [-0.1, -0.05) is 41.9 Å². The van der Waals surface area contributed by atoms with E-state index >= 15 is 0 Å². The predicted octanol–water partition coefficient (Wildman–Crippen LogP) is 4.96. The fraction of sp³-hybridized carbons (Fsp3) is 0.400. The van der Waals surface area contributed by atoms with Crippen LogP contribution in [0.2, 0.25) is 5.02 Å². The second-order valence-corrected chi connectivity index (χ2v) is 7.07. The summed E-state index contributed by atoms with van der Waals surface area (Å²) in [5.74, 6) is 0. The van der Waals surface area contributed by atoms with E-state index in [9.17, 15) is 0 Å². The zero-order chi connectivity index (χ0) is 14.9. The first-order valence-electron chi connectivity index (χ1n) is 8.41. The van der Waals surface area contributed by atoms with Crippen molar-refractivity contribution in [2.75, 3.05) is 13.1 Å². The number of benzene rings is 2. The first-order chi connectivity index (χ1) is 10.8. The van der Waals surface area contributed by atoms with Gasteiger partial charge in [0.2, 0.25) is 0 Å². The number of aryl methyl sites for hydroxylation is 1. The lowest BCUT2D eigenvalue weighted by molar-refractivity contribution is 0.222. The van der Waals surface area contributed by atoms with Crippen LogP contribution in [0.25, 0.3) is 11.1 Å². The summed E-state index contributed by atoms with van der Waals surface area (Å²) in [6.07, 6.45) is 6.54. The summed E-state index contributed by atoms with van der Waals surface area (Å²) < 4.78 is 0. The lowest BCUT2D eigenvalue weighted by Crippen LogP contribution is -2.37. The molecule has 0 saturated carbocycles. The van der Waals surface area contributed by atoms with Crippen LogP contribution in [0.3, 0.4) is 0 Å². The normalized spacial score (nSPS) is 21.8. The van der Waals surface area contributed by atoms with Gasteiger partial charge in [0.1, 0.15) is 0 Å². The van der Waals surface area contributed by atoms with Crippen LogP contribution in [0.4, 0.5) is 0 Å². The van der Waals surface area contributed by atoms with Gasteiger partial charge in [-0.05, 0) is 79.6 Å². The van der Waals surface area contributed by atoms with E-state index in [1.165, 1.54) is 56.3 Å². The first-order valence-corrected chi connectivity index (χ1v) is 8.79. The van der Waals surface area contributed by atoms with Crippen molar-refractivity contribution in [2.45, 2.75) is 38.1 Å². The summed E-state index contributed by atoms with van der Waals surface area (Å²) in [4.78, 5) is 2.70. The monoisotopic (exact) mass is 311 g/mol. The minimum atomic E-state index is 0.774. The Labute approximate surface area is 137 Å². The van der Waals surface area contributed by atoms with E-state index in [1.54, 1.807) is 11.1 Å². The number of hydrogen-bond acceptors (Lipinski definition) is 1. The average molecular weight is 312 g/mol. The Hall–Kier alpha value is -1.31. The topological polar surface area (TPSA) is 3.24 Å². The third kappa shape index (κ3) is 2.80. The molecule has 1 aliphatic carbocycles. The highest BCUT2D eigenvalue weighted by atomic mass is 35.5. The van der Waals surface area contributed by atoms with E-state index in [2.05, 4.69) is 35.2 Å². The molecule has 1 atom stereocenters. The smallest absolute Gasteiger partial charge is 0.0406 e.